The Hall–Kier alpha value is -2.86. The van der Waals surface area contributed by atoms with Crippen LogP contribution < -0.4 is 19.9 Å². The van der Waals surface area contributed by atoms with Crippen molar-refractivity contribution in [1.82, 2.24) is 5.09 Å². The van der Waals surface area contributed by atoms with Crippen LogP contribution in [-0.4, -0.2) is 60.2 Å². The van der Waals surface area contributed by atoms with Gasteiger partial charge in [-0.1, -0.05) is 18.2 Å². The Morgan fingerprint density at radius 2 is 1.91 bits per heavy atom. The highest BCUT2D eigenvalue weighted by atomic mass is 31.2. The SMILES string of the molecule is COC(=O)[C@H](C)NP(=O)(OC[C@H]1O[C@@H]([n+]2cccc(C(N)=O)c2)[C@@H](O)C1O)Oc1ccccc1. The minimum absolute atomic E-state index is 0.175. The first kappa shape index (κ1) is 25.8. The molecule has 1 aliphatic rings. The fourth-order valence-corrected chi connectivity index (χ4v) is 4.76. The summed E-state index contributed by atoms with van der Waals surface area (Å²) in [4.78, 5) is 23.3. The maximum absolute atomic E-state index is 13.4. The minimum atomic E-state index is -4.17. The number of ether oxygens (including phenoxy) is 2. The van der Waals surface area contributed by atoms with Crippen LogP contribution in [0.4, 0.5) is 0 Å². The number of aliphatic hydroxyl groups excluding tert-OH is 2. The normalized spacial score (nSPS) is 24.7. The lowest BCUT2D eigenvalue weighted by Crippen LogP contribution is -2.46. The standard InChI is InChI=1S/C21H26N3O9P/c1-13(21(28)30-2)23-34(29,33-15-8-4-3-5-9-15)31-12-16-17(25)18(26)20(32-16)24-10-6-7-14(11-24)19(22)27/h3-11,13,16-18,20,25-26H,12H2,1-2H3,(H2-,22,23,27,29)/p+1/t13-,16+,17?,18-,20+,34?/m0/s1. The fourth-order valence-electron chi connectivity index (χ4n) is 3.26. The van der Waals surface area contributed by atoms with Gasteiger partial charge in [0, 0.05) is 6.07 Å². The van der Waals surface area contributed by atoms with Gasteiger partial charge in [-0.2, -0.15) is 9.65 Å². The van der Waals surface area contributed by atoms with Crippen molar-refractivity contribution >= 4 is 19.6 Å². The Morgan fingerprint density at radius 3 is 2.56 bits per heavy atom. The van der Waals surface area contributed by atoms with Gasteiger partial charge in [-0.25, -0.2) is 4.57 Å². The molecule has 5 N–H and O–H groups in total. The van der Waals surface area contributed by atoms with Crippen LogP contribution in [0, 0.1) is 0 Å². The number of nitrogens with one attached hydrogen (secondary N) is 1. The summed E-state index contributed by atoms with van der Waals surface area (Å²) in [5.74, 6) is -1.16. The van der Waals surface area contributed by atoms with Gasteiger partial charge in [0.15, 0.2) is 18.5 Å². The van der Waals surface area contributed by atoms with E-state index in [9.17, 15) is 24.4 Å². The maximum atomic E-state index is 13.4. The predicted octanol–water partition coefficient (Wildman–Crippen LogP) is 0.0470. The van der Waals surface area contributed by atoms with E-state index in [1.807, 2.05) is 0 Å². The van der Waals surface area contributed by atoms with Crippen molar-refractivity contribution in [1.29, 1.82) is 0 Å². The van der Waals surface area contributed by atoms with Gasteiger partial charge in [0.2, 0.25) is 0 Å². The lowest BCUT2D eigenvalue weighted by atomic mass is 10.1. The van der Waals surface area contributed by atoms with Gasteiger partial charge in [0.1, 0.15) is 29.6 Å². The predicted molar refractivity (Wildman–Crippen MR) is 116 cm³/mol. The number of carbonyl (C=O) groups is 2. The molecule has 1 fully saturated rings. The maximum Gasteiger partial charge on any atom is 0.459 e. The van der Waals surface area contributed by atoms with Gasteiger partial charge in [-0.05, 0) is 25.1 Å². The summed E-state index contributed by atoms with van der Waals surface area (Å²) < 4.78 is 36.1. The summed E-state index contributed by atoms with van der Waals surface area (Å²) in [6.07, 6.45) is -2.10. The molecule has 34 heavy (non-hydrogen) atoms. The number of pyridine rings is 1. The van der Waals surface area contributed by atoms with Crippen LogP contribution in [-0.2, 0) is 23.4 Å². The molecule has 12 nitrogen and oxygen atoms in total. The highest BCUT2D eigenvalue weighted by molar-refractivity contribution is 7.52. The first-order valence-corrected chi connectivity index (χ1v) is 11.8. The van der Waals surface area contributed by atoms with Crippen LogP contribution >= 0.6 is 7.75 Å². The number of rotatable bonds is 10. The summed E-state index contributed by atoms with van der Waals surface area (Å²) in [6.45, 7) is 0.953. The molecule has 184 valence electrons. The molecule has 1 aromatic heterocycles. The highest BCUT2D eigenvalue weighted by Gasteiger charge is 2.49. The van der Waals surface area contributed by atoms with Crippen molar-refractivity contribution in [2.24, 2.45) is 5.73 Å². The number of carbonyl (C=O) groups excluding carboxylic acids is 2. The number of methoxy groups -OCH3 is 1. The molecule has 3 rings (SSSR count). The fraction of sp³-hybridized carbons (Fsp3) is 0.381. The molecule has 1 aromatic carbocycles. The molecule has 2 unspecified atom stereocenters. The van der Waals surface area contributed by atoms with E-state index in [1.54, 1.807) is 30.3 Å². The van der Waals surface area contributed by atoms with Crippen LogP contribution in [0.3, 0.4) is 0 Å². The molecule has 1 aliphatic heterocycles. The zero-order valence-corrected chi connectivity index (χ0v) is 19.4. The Kier molecular flexibility index (Phi) is 8.37. The molecule has 1 amide bonds. The third kappa shape index (κ3) is 6.17. The Balaban J connectivity index is 1.74. The van der Waals surface area contributed by atoms with Crippen LogP contribution in [0.15, 0.2) is 54.9 Å². The third-order valence-corrected chi connectivity index (χ3v) is 6.67. The number of amides is 1. The van der Waals surface area contributed by atoms with E-state index in [1.165, 1.54) is 43.1 Å². The molecule has 1 saturated heterocycles. The van der Waals surface area contributed by atoms with Crippen LogP contribution in [0.25, 0.3) is 0 Å². The minimum Gasteiger partial charge on any atom is -0.468 e. The van der Waals surface area contributed by atoms with E-state index in [0.717, 1.165) is 0 Å². The number of nitrogens with zero attached hydrogens (tertiary/aromatic N) is 1. The van der Waals surface area contributed by atoms with Gasteiger partial charge in [0.25, 0.3) is 12.1 Å². The molecule has 0 radical (unpaired) electrons. The van der Waals surface area contributed by atoms with Gasteiger partial charge in [0.05, 0.1) is 13.7 Å². The van der Waals surface area contributed by atoms with Gasteiger partial charge in [-0.15, -0.1) is 0 Å². The van der Waals surface area contributed by atoms with Crippen LogP contribution in [0.5, 0.6) is 5.75 Å². The third-order valence-electron chi connectivity index (χ3n) is 5.02. The number of primary amides is 1. The average Bonchev–Trinajstić information content (AvgIpc) is 3.11. The van der Waals surface area contributed by atoms with Crippen molar-refractivity contribution in [3.05, 3.63) is 60.4 Å². The molecule has 0 aliphatic carbocycles. The summed E-state index contributed by atoms with van der Waals surface area (Å²) in [5, 5.41) is 23.4. The number of aromatic nitrogens is 1. The van der Waals surface area contributed by atoms with Crippen LogP contribution in [0.1, 0.15) is 23.5 Å². The topological polar surface area (TPSA) is 171 Å². The van der Waals surface area contributed by atoms with Crippen molar-refractivity contribution < 1.29 is 47.5 Å². The molecule has 0 saturated carbocycles. The summed E-state index contributed by atoms with van der Waals surface area (Å²) >= 11 is 0. The number of nitrogens with two attached hydrogens (primary N) is 1. The number of hydrogen-bond acceptors (Lipinski definition) is 9. The smallest absolute Gasteiger partial charge is 0.459 e. The Morgan fingerprint density at radius 1 is 1.21 bits per heavy atom. The van der Waals surface area contributed by atoms with E-state index in [0.29, 0.717) is 0 Å². The van der Waals surface area contributed by atoms with Crippen molar-refractivity contribution in [3.63, 3.8) is 0 Å². The van der Waals surface area contributed by atoms with E-state index in [2.05, 4.69) is 9.82 Å². The molecular formula is C21H27N3O9P+. The highest BCUT2D eigenvalue weighted by Crippen LogP contribution is 2.45. The second kappa shape index (κ2) is 11.0. The molecule has 13 heteroatoms. The van der Waals surface area contributed by atoms with Crippen molar-refractivity contribution in [2.75, 3.05) is 13.7 Å². The Bertz CT molecular complexity index is 1050. The second-order valence-electron chi connectivity index (χ2n) is 7.52. The molecule has 0 bridgehead atoms. The van der Waals surface area contributed by atoms with Crippen molar-refractivity contribution in [2.45, 2.75) is 37.5 Å². The largest absolute Gasteiger partial charge is 0.468 e. The lowest BCUT2D eigenvalue weighted by molar-refractivity contribution is -0.765. The summed E-state index contributed by atoms with van der Waals surface area (Å²) in [7, 11) is -2.99. The summed E-state index contributed by atoms with van der Waals surface area (Å²) in [5.41, 5.74) is 5.47. The van der Waals surface area contributed by atoms with Crippen molar-refractivity contribution in [3.8, 4) is 5.75 Å². The van der Waals surface area contributed by atoms with Gasteiger partial charge < -0.3 is 29.9 Å². The van der Waals surface area contributed by atoms with E-state index in [4.69, 9.17) is 19.5 Å². The molecular weight excluding hydrogens is 469 g/mol. The molecule has 2 heterocycles. The first-order valence-electron chi connectivity index (χ1n) is 10.3. The summed E-state index contributed by atoms with van der Waals surface area (Å²) in [6, 6.07) is 10.1. The zero-order valence-electron chi connectivity index (χ0n) is 18.5. The molecule has 0 spiro atoms. The number of benzene rings is 1. The average molecular weight is 496 g/mol. The molecule has 2 aromatic rings. The first-order chi connectivity index (χ1) is 16.1. The van der Waals surface area contributed by atoms with E-state index >= 15 is 0 Å². The quantitative estimate of drug-likeness (QED) is 0.200. The van der Waals surface area contributed by atoms with Crippen LogP contribution in [0.2, 0.25) is 0 Å². The number of esters is 1. The van der Waals surface area contributed by atoms with Gasteiger partial charge in [-0.3, -0.25) is 14.1 Å². The zero-order chi connectivity index (χ0) is 24.9. The second-order valence-corrected chi connectivity index (χ2v) is 9.22. The number of para-hydroxylation sites is 1. The lowest BCUT2D eigenvalue weighted by Gasteiger charge is -2.24. The Labute approximate surface area is 195 Å². The number of hydrogen-bond donors (Lipinski definition) is 4. The van der Waals surface area contributed by atoms with Gasteiger partial charge >= 0.3 is 13.7 Å². The number of aliphatic hydroxyl groups is 2. The molecule has 6 atom stereocenters. The monoisotopic (exact) mass is 496 g/mol. The van der Waals surface area contributed by atoms with E-state index in [-0.39, 0.29) is 11.3 Å². The van der Waals surface area contributed by atoms with E-state index < -0.39 is 56.8 Å².